The Labute approximate surface area is 150 Å². The number of carbonyl (C=O) groups excluding carboxylic acids is 2. The Kier molecular flexibility index (Phi) is 6.34. The third-order valence-corrected chi connectivity index (χ3v) is 4.16. The maximum Gasteiger partial charge on any atom is 0.340 e. The Balaban J connectivity index is 2.46. The number of carbonyl (C=O) groups is 2. The lowest BCUT2D eigenvalue weighted by Crippen LogP contribution is -2.28. The minimum atomic E-state index is -0.482. The first-order valence-electron chi connectivity index (χ1n) is 7.66. The van der Waals surface area contributed by atoms with Gasteiger partial charge in [0.15, 0.2) is 0 Å². The molecule has 0 spiro atoms. The van der Waals surface area contributed by atoms with E-state index in [4.69, 9.17) is 9.47 Å². The van der Waals surface area contributed by atoms with Crippen molar-refractivity contribution in [1.82, 2.24) is 4.90 Å². The molecule has 0 aromatic heterocycles. The van der Waals surface area contributed by atoms with E-state index in [2.05, 4.69) is 15.9 Å². The van der Waals surface area contributed by atoms with Crippen molar-refractivity contribution in [2.24, 2.45) is 0 Å². The molecular formula is C18H20BrNO4. The largest absolute Gasteiger partial charge is 0.462 e. The number of amides is 1. The lowest BCUT2D eigenvalue weighted by Gasteiger charge is -2.16. The summed E-state index contributed by atoms with van der Waals surface area (Å²) < 4.78 is 11.1. The van der Waals surface area contributed by atoms with Crippen LogP contribution in [-0.4, -0.2) is 43.6 Å². The number of rotatable bonds is 6. The summed E-state index contributed by atoms with van der Waals surface area (Å²) in [6.45, 7) is 4.53. The van der Waals surface area contributed by atoms with Crippen LogP contribution >= 0.6 is 15.9 Å². The van der Waals surface area contributed by atoms with Gasteiger partial charge in [-0.05, 0) is 37.6 Å². The van der Waals surface area contributed by atoms with Gasteiger partial charge in [0.25, 0.3) is 5.91 Å². The number of ether oxygens (including phenoxy) is 2. The van der Waals surface area contributed by atoms with Crippen LogP contribution in [0, 0.1) is 0 Å². The van der Waals surface area contributed by atoms with Gasteiger partial charge in [0.2, 0.25) is 0 Å². The summed E-state index contributed by atoms with van der Waals surface area (Å²) in [4.78, 5) is 26.7. The van der Waals surface area contributed by atoms with Crippen LogP contribution in [0.5, 0.6) is 0 Å². The zero-order valence-corrected chi connectivity index (χ0v) is 15.6. The first kappa shape index (κ1) is 18.4. The highest BCUT2D eigenvalue weighted by Crippen LogP contribution is 2.31. The highest BCUT2D eigenvalue weighted by atomic mass is 79.9. The van der Waals surface area contributed by atoms with Gasteiger partial charge in [-0.1, -0.05) is 28.1 Å². The molecule has 1 aromatic rings. The molecule has 0 saturated heterocycles. The van der Waals surface area contributed by atoms with Crippen molar-refractivity contribution in [2.45, 2.75) is 13.8 Å². The van der Waals surface area contributed by atoms with Crippen LogP contribution in [0.25, 0.3) is 6.08 Å². The maximum absolute atomic E-state index is 12.8. The summed E-state index contributed by atoms with van der Waals surface area (Å²) in [6.07, 6.45) is 1.72. The van der Waals surface area contributed by atoms with E-state index in [0.29, 0.717) is 30.0 Å². The summed E-state index contributed by atoms with van der Waals surface area (Å²) >= 11 is 3.41. The number of halogens is 1. The lowest BCUT2D eigenvalue weighted by atomic mass is 10.0. The number of hydrogen-bond donors (Lipinski definition) is 0. The monoisotopic (exact) mass is 393 g/mol. The standard InChI is InChI=1S/C18H20BrNO4/c1-4-24-18(22)16-12(2)20(8-9-23-3)17(21)15(16)11-13-6-5-7-14(19)10-13/h5-7,10-11H,4,8-9H2,1-3H3/b15-11-. The number of allylic oxidation sites excluding steroid dienone is 1. The van der Waals surface area contributed by atoms with Gasteiger partial charge in [0, 0.05) is 23.8 Å². The fourth-order valence-electron chi connectivity index (χ4n) is 2.54. The first-order chi connectivity index (χ1) is 11.5. The molecule has 1 amide bonds. The van der Waals surface area contributed by atoms with Crippen molar-refractivity contribution in [1.29, 1.82) is 0 Å². The molecular weight excluding hydrogens is 374 g/mol. The van der Waals surface area contributed by atoms with Crippen molar-refractivity contribution in [3.8, 4) is 0 Å². The summed E-state index contributed by atoms with van der Waals surface area (Å²) in [5, 5.41) is 0. The second kappa shape index (κ2) is 8.26. The number of methoxy groups -OCH3 is 1. The van der Waals surface area contributed by atoms with Crippen molar-refractivity contribution in [2.75, 3.05) is 26.9 Å². The smallest absolute Gasteiger partial charge is 0.340 e. The molecule has 0 aliphatic carbocycles. The molecule has 2 rings (SSSR count). The number of nitrogens with zero attached hydrogens (tertiary/aromatic N) is 1. The van der Waals surface area contributed by atoms with Crippen molar-refractivity contribution < 1.29 is 19.1 Å². The minimum absolute atomic E-state index is 0.215. The Hall–Kier alpha value is -1.92. The molecule has 1 aliphatic rings. The van der Waals surface area contributed by atoms with Crippen LogP contribution < -0.4 is 0 Å². The molecule has 0 fully saturated rings. The summed E-state index contributed by atoms with van der Waals surface area (Å²) in [7, 11) is 1.57. The van der Waals surface area contributed by atoms with E-state index in [0.717, 1.165) is 10.0 Å². The molecule has 128 valence electrons. The Morgan fingerprint density at radius 2 is 2.12 bits per heavy atom. The van der Waals surface area contributed by atoms with Gasteiger partial charge in [-0.3, -0.25) is 4.79 Å². The second-order valence-corrected chi connectivity index (χ2v) is 6.16. The number of benzene rings is 1. The van der Waals surface area contributed by atoms with Crippen LogP contribution in [0.3, 0.4) is 0 Å². The molecule has 0 bridgehead atoms. The summed E-state index contributed by atoms with van der Waals surface area (Å²) in [5.41, 5.74) is 2.09. The van der Waals surface area contributed by atoms with Crippen LogP contribution in [0.15, 0.2) is 45.6 Å². The molecule has 24 heavy (non-hydrogen) atoms. The molecule has 1 aromatic carbocycles. The molecule has 1 aliphatic heterocycles. The summed E-state index contributed by atoms with van der Waals surface area (Å²) in [5.74, 6) is -0.697. The average Bonchev–Trinajstić information content (AvgIpc) is 2.76. The van der Waals surface area contributed by atoms with Crippen LogP contribution in [0.2, 0.25) is 0 Å². The average molecular weight is 394 g/mol. The molecule has 0 N–H and O–H groups in total. The topological polar surface area (TPSA) is 55.8 Å². The lowest BCUT2D eigenvalue weighted by molar-refractivity contribution is -0.138. The fraction of sp³-hybridized carbons (Fsp3) is 0.333. The van der Waals surface area contributed by atoms with Crippen molar-refractivity contribution in [3.05, 3.63) is 51.1 Å². The Bertz CT molecular complexity index is 709. The first-order valence-corrected chi connectivity index (χ1v) is 8.45. The third kappa shape index (κ3) is 3.94. The molecule has 0 atom stereocenters. The van der Waals surface area contributed by atoms with E-state index in [1.807, 2.05) is 24.3 Å². The third-order valence-electron chi connectivity index (χ3n) is 3.67. The van der Waals surface area contributed by atoms with E-state index in [9.17, 15) is 9.59 Å². The van der Waals surface area contributed by atoms with Crippen molar-refractivity contribution in [3.63, 3.8) is 0 Å². The van der Waals surface area contributed by atoms with Crippen LogP contribution in [0.1, 0.15) is 19.4 Å². The van der Waals surface area contributed by atoms with Crippen LogP contribution in [0.4, 0.5) is 0 Å². The highest BCUT2D eigenvalue weighted by Gasteiger charge is 2.36. The van der Waals surface area contributed by atoms with Gasteiger partial charge in [0.05, 0.1) is 24.4 Å². The molecule has 0 saturated carbocycles. The van der Waals surface area contributed by atoms with E-state index in [1.165, 1.54) is 0 Å². The zero-order chi connectivity index (χ0) is 17.7. The fourth-order valence-corrected chi connectivity index (χ4v) is 2.96. The van der Waals surface area contributed by atoms with Gasteiger partial charge in [-0.2, -0.15) is 0 Å². The van der Waals surface area contributed by atoms with E-state index < -0.39 is 5.97 Å². The predicted octanol–water partition coefficient (Wildman–Crippen LogP) is 3.16. The minimum Gasteiger partial charge on any atom is -0.462 e. The molecule has 1 heterocycles. The van der Waals surface area contributed by atoms with Crippen molar-refractivity contribution >= 4 is 33.9 Å². The summed E-state index contributed by atoms with van der Waals surface area (Å²) in [6, 6.07) is 7.53. The highest BCUT2D eigenvalue weighted by molar-refractivity contribution is 9.10. The Morgan fingerprint density at radius 3 is 2.75 bits per heavy atom. The zero-order valence-electron chi connectivity index (χ0n) is 14.0. The Morgan fingerprint density at radius 1 is 1.38 bits per heavy atom. The molecule has 0 unspecified atom stereocenters. The van der Waals surface area contributed by atoms with E-state index in [1.54, 1.807) is 31.9 Å². The number of esters is 1. The quantitative estimate of drug-likeness (QED) is 0.550. The van der Waals surface area contributed by atoms with Crippen LogP contribution in [-0.2, 0) is 19.1 Å². The predicted molar refractivity (Wildman–Crippen MR) is 95.0 cm³/mol. The maximum atomic E-state index is 12.8. The van der Waals surface area contributed by atoms with Gasteiger partial charge in [0.1, 0.15) is 0 Å². The van der Waals surface area contributed by atoms with Gasteiger partial charge < -0.3 is 14.4 Å². The SMILES string of the molecule is CCOC(=O)C1=C(C)N(CCOC)C(=O)/C1=C\c1cccc(Br)c1. The van der Waals surface area contributed by atoms with E-state index in [-0.39, 0.29) is 12.5 Å². The molecule has 0 radical (unpaired) electrons. The number of hydrogen-bond acceptors (Lipinski definition) is 4. The molecule has 6 heteroatoms. The van der Waals surface area contributed by atoms with Gasteiger partial charge >= 0.3 is 5.97 Å². The van der Waals surface area contributed by atoms with Gasteiger partial charge in [-0.15, -0.1) is 0 Å². The molecule has 5 nitrogen and oxygen atoms in total. The second-order valence-electron chi connectivity index (χ2n) is 5.24. The van der Waals surface area contributed by atoms with E-state index >= 15 is 0 Å². The normalized spacial score (nSPS) is 16.2. The van der Waals surface area contributed by atoms with Gasteiger partial charge in [-0.25, -0.2) is 4.79 Å².